The molecule has 1 aromatic heterocycles. The summed E-state index contributed by atoms with van der Waals surface area (Å²) in [4.78, 5) is 11.6. The number of nitrogens with zero attached hydrogens (tertiary/aromatic N) is 1. The summed E-state index contributed by atoms with van der Waals surface area (Å²) in [6.07, 6.45) is 3.36. The van der Waals surface area contributed by atoms with Gasteiger partial charge in [0.25, 0.3) is 12.0 Å². The molecule has 0 saturated carbocycles. The summed E-state index contributed by atoms with van der Waals surface area (Å²) in [7, 11) is 0. The maximum absolute atomic E-state index is 12.5. The van der Waals surface area contributed by atoms with Gasteiger partial charge in [0.15, 0.2) is 0 Å². The number of aliphatic hydroxyl groups is 1. The van der Waals surface area contributed by atoms with Crippen LogP contribution in [0.15, 0.2) is 53.7 Å². The molecule has 0 fully saturated rings. The lowest BCUT2D eigenvalue weighted by atomic mass is 10.2. The van der Waals surface area contributed by atoms with Crippen LogP contribution in [0.2, 0.25) is 0 Å². The van der Waals surface area contributed by atoms with Crippen molar-refractivity contribution in [2.75, 3.05) is 0 Å². The standard InChI is InChI=1S/C14H15F2NO2/c1-3-4-12(18)7-5-10(2)17-9-11(14(15)16)6-8-13(17)19/h4-9,14,18H,2-3H2,1H3/b7-5-,12-4+. The molecule has 3 nitrogen and oxygen atoms in total. The van der Waals surface area contributed by atoms with E-state index in [1.54, 1.807) is 6.08 Å². The van der Waals surface area contributed by atoms with Gasteiger partial charge in [-0.1, -0.05) is 13.5 Å². The zero-order chi connectivity index (χ0) is 14.4. The number of rotatable bonds is 5. The molecule has 5 heteroatoms. The smallest absolute Gasteiger partial charge is 0.265 e. The van der Waals surface area contributed by atoms with Crippen LogP contribution in [-0.2, 0) is 0 Å². The van der Waals surface area contributed by atoms with Gasteiger partial charge in [-0.3, -0.25) is 9.36 Å². The molecule has 0 spiro atoms. The van der Waals surface area contributed by atoms with Crippen LogP contribution in [0.5, 0.6) is 0 Å². The van der Waals surface area contributed by atoms with E-state index in [4.69, 9.17) is 0 Å². The summed E-state index contributed by atoms with van der Waals surface area (Å²) in [5.41, 5.74) is -0.524. The molecule has 0 radical (unpaired) electrons. The predicted octanol–water partition coefficient (Wildman–Crippen LogP) is 3.66. The molecule has 0 bridgehead atoms. The van der Waals surface area contributed by atoms with Gasteiger partial charge in [-0.15, -0.1) is 0 Å². The van der Waals surface area contributed by atoms with Crippen molar-refractivity contribution in [3.8, 4) is 0 Å². The maximum atomic E-state index is 12.5. The SMILES string of the molecule is C=C(/C=C\C(O)=C/CC)n1cc(C(F)F)ccc1=O. The van der Waals surface area contributed by atoms with Crippen LogP contribution in [0, 0.1) is 0 Å². The average molecular weight is 267 g/mol. The zero-order valence-corrected chi connectivity index (χ0v) is 10.5. The van der Waals surface area contributed by atoms with E-state index in [0.717, 1.165) is 22.9 Å². The Morgan fingerprint density at radius 2 is 2.16 bits per heavy atom. The fraction of sp³-hybridized carbons (Fsp3) is 0.214. The summed E-state index contributed by atoms with van der Waals surface area (Å²) in [5, 5.41) is 9.38. The van der Waals surface area contributed by atoms with Crippen molar-refractivity contribution in [2.24, 2.45) is 0 Å². The first-order valence-electron chi connectivity index (χ1n) is 5.73. The number of allylic oxidation sites excluding steroid dienone is 4. The van der Waals surface area contributed by atoms with Crippen molar-refractivity contribution in [3.63, 3.8) is 0 Å². The third-order valence-corrected chi connectivity index (χ3v) is 2.36. The average Bonchev–Trinajstić information content (AvgIpc) is 2.36. The summed E-state index contributed by atoms with van der Waals surface area (Å²) in [6, 6.07) is 2.14. The quantitative estimate of drug-likeness (QED) is 0.653. The Bertz CT molecular complexity index is 571. The summed E-state index contributed by atoms with van der Waals surface area (Å²) >= 11 is 0. The second-order valence-corrected chi connectivity index (χ2v) is 3.83. The molecule has 1 rings (SSSR count). The van der Waals surface area contributed by atoms with E-state index in [2.05, 4.69) is 6.58 Å². The number of halogens is 2. The van der Waals surface area contributed by atoms with E-state index in [9.17, 15) is 18.7 Å². The molecular formula is C14H15F2NO2. The monoisotopic (exact) mass is 267 g/mol. The first-order valence-corrected chi connectivity index (χ1v) is 5.73. The van der Waals surface area contributed by atoms with Crippen LogP contribution in [0.1, 0.15) is 25.3 Å². The minimum absolute atomic E-state index is 0.0294. The van der Waals surface area contributed by atoms with Gasteiger partial charge in [0.1, 0.15) is 5.76 Å². The van der Waals surface area contributed by atoms with Gasteiger partial charge in [0.05, 0.1) is 0 Å². The topological polar surface area (TPSA) is 42.2 Å². The molecule has 0 saturated heterocycles. The van der Waals surface area contributed by atoms with Crippen LogP contribution in [0.25, 0.3) is 5.70 Å². The second-order valence-electron chi connectivity index (χ2n) is 3.83. The lowest BCUT2D eigenvalue weighted by Gasteiger charge is -2.07. The molecule has 1 heterocycles. The van der Waals surface area contributed by atoms with Crippen molar-refractivity contribution in [1.82, 2.24) is 4.57 Å². The van der Waals surface area contributed by atoms with Crippen molar-refractivity contribution >= 4 is 5.70 Å². The highest BCUT2D eigenvalue weighted by atomic mass is 19.3. The highest BCUT2D eigenvalue weighted by molar-refractivity contribution is 5.55. The summed E-state index contributed by atoms with van der Waals surface area (Å²) in [5.74, 6) is 0.0294. The Kier molecular flexibility index (Phi) is 5.23. The van der Waals surface area contributed by atoms with E-state index in [-0.39, 0.29) is 17.0 Å². The van der Waals surface area contributed by atoms with E-state index in [1.165, 1.54) is 12.2 Å². The van der Waals surface area contributed by atoms with Crippen molar-refractivity contribution < 1.29 is 13.9 Å². The molecule has 1 N–H and O–H groups in total. The molecule has 1 aromatic rings. The Hall–Kier alpha value is -2.17. The normalized spacial score (nSPS) is 12.3. The molecule has 0 amide bonds. The van der Waals surface area contributed by atoms with Crippen LogP contribution >= 0.6 is 0 Å². The van der Waals surface area contributed by atoms with E-state index >= 15 is 0 Å². The summed E-state index contributed by atoms with van der Waals surface area (Å²) in [6.45, 7) is 5.47. The predicted molar refractivity (Wildman–Crippen MR) is 71.1 cm³/mol. The van der Waals surface area contributed by atoms with Crippen LogP contribution < -0.4 is 5.56 Å². The van der Waals surface area contributed by atoms with Crippen molar-refractivity contribution in [2.45, 2.75) is 19.8 Å². The minimum atomic E-state index is -2.66. The highest BCUT2D eigenvalue weighted by Crippen LogP contribution is 2.17. The number of aliphatic hydroxyl groups excluding tert-OH is 1. The lowest BCUT2D eigenvalue weighted by Crippen LogP contribution is -2.17. The number of pyridine rings is 1. The summed E-state index contributed by atoms with van der Waals surface area (Å²) < 4.78 is 26.1. The molecular weight excluding hydrogens is 252 g/mol. The van der Waals surface area contributed by atoms with Crippen molar-refractivity contribution in [3.05, 3.63) is 64.8 Å². The van der Waals surface area contributed by atoms with Gasteiger partial charge in [0.2, 0.25) is 0 Å². The molecule has 0 aromatic carbocycles. The van der Waals surface area contributed by atoms with Gasteiger partial charge >= 0.3 is 0 Å². The number of hydrogen-bond acceptors (Lipinski definition) is 2. The third-order valence-electron chi connectivity index (χ3n) is 2.36. The maximum Gasteiger partial charge on any atom is 0.265 e. The Morgan fingerprint density at radius 1 is 1.47 bits per heavy atom. The molecule has 0 aliphatic rings. The largest absolute Gasteiger partial charge is 0.508 e. The minimum Gasteiger partial charge on any atom is -0.508 e. The fourth-order valence-electron chi connectivity index (χ4n) is 1.40. The van der Waals surface area contributed by atoms with Crippen LogP contribution in [-0.4, -0.2) is 9.67 Å². The molecule has 0 atom stereocenters. The number of aromatic nitrogens is 1. The number of hydrogen-bond donors (Lipinski definition) is 1. The second kappa shape index (κ2) is 6.68. The van der Waals surface area contributed by atoms with E-state index < -0.39 is 12.0 Å². The molecule has 0 aliphatic heterocycles. The Labute approximate surface area is 109 Å². The van der Waals surface area contributed by atoms with Crippen LogP contribution in [0.3, 0.4) is 0 Å². The highest BCUT2D eigenvalue weighted by Gasteiger charge is 2.09. The van der Waals surface area contributed by atoms with Gasteiger partial charge in [-0.2, -0.15) is 0 Å². The molecule has 102 valence electrons. The zero-order valence-electron chi connectivity index (χ0n) is 10.5. The molecule has 19 heavy (non-hydrogen) atoms. The number of alkyl halides is 2. The third kappa shape index (κ3) is 4.21. The molecule has 0 unspecified atom stereocenters. The molecule has 0 aliphatic carbocycles. The van der Waals surface area contributed by atoms with E-state index in [0.29, 0.717) is 6.42 Å². The Morgan fingerprint density at radius 3 is 2.74 bits per heavy atom. The first kappa shape index (κ1) is 14.9. The lowest BCUT2D eigenvalue weighted by molar-refractivity contribution is 0.150. The van der Waals surface area contributed by atoms with E-state index in [1.807, 2.05) is 6.92 Å². The van der Waals surface area contributed by atoms with Gasteiger partial charge in [0, 0.05) is 23.5 Å². The van der Waals surface area contributed by atoms with Gasteiger partial charge in [-0.25, -0.2) is 8.78 Å². The van der Waals surface area contributed by atoms with Gasteiger partial charge in [-0.05, 0) is 30.7 Å². The van der Waals surface area contributed by atoms with Gasteiger partial charge < -0.3 is 5.11 Å². The fourth-order valence-corrected chi connectivity index (χ4v) is 1.40. The first-order chi connectivity index (χ1) is 8.95. The van der Waals surface area contributed by atoms with Crippen molar-refractivity contribution in [1.29, 1.82) is 0 Å². The Balaban J connectivity index is 3.03. The van der Waals surface area contributed by atoms with Crippen LogP contribution in [0.4, 0.5) is 8.78 Å².